The fourth-order valence-corrected chi connectivity index (χ4v) is 3.24. The first-order valence-corrected chi connectivity index (χ1v) is 8.24. The quantitative estimate of drug-likeness (QED) is 0.781. The predicted molar refractivity (Wildman–Crippen MR) is 86.0 cm³/mol. The molecule has 20 heavy (non-hydrogen) atoms. The summed E-state index contributed by atoms with van der Waals surface area (Å²) in [7, 11) is 0. The molecule has 1 heteroatoms. The van der Waals surface area contributed by atoms with Gasteiger partial charge in [-0.15, -0.1) is 0 Å². The van der Waals surface area contributed by atoms with Gasteiger partial charge in [-0.1, -0.05) is 70.7 Å². The van der Waals surface area contributed by atoms with Crippen molar-refractivity contribution in [2.75, 3.05) is 0 Å². The molecule has 1 aromatic carbocycles. The van der Waals surface area contributed by atoms with Gasteiger partial charge in [0.1, 0.15) is 0 Å². The Morgan fingerprint density at radius 1 is 1.00 bits per heavy atom. The second kappa shape index (κ2) is 6.76. The lowest BCUT2D eigenvalue weighted by molar-refractivity contribution is 0.0986. The minimum absolute atomic E-state index is 0.159. The average molecular weight is 274 g/mol. The van der Waals surface area contributed by atoms with E-state index in [0.717, 1.165) is 6.42 Å². The molecule has 112 valence electrons. The minimum Gasteiger partial charge on any atom is -0.392 e. The van der Waals surface area contributed by atoms with Crippen molar-refractivity contribution >= 4 is 0 Å². The maximum absolute atomic E-state index is 10.5. The number of hydrogen-bond donors (Lipinski definition) is 1. The molecule has 1 aromatic rings. The van der Waals surface area contributed by atoms with Crippen molar-refractivity contribution < 1.29 is 5.11 Å². The van der Waals surface area contributed by atoms with E-state index >= 15 is 0 Å². The maximum atomic E-state index is 10.5. The zero-order valence-electron chi connectivity index (χ0n) is 13.4. The molecular formula is C19H30O. The number of hydrogen-bond acceptors (Lipinski definition) is 1. The van der Waals surface area contributed by atoms with Crippen LogP contribution in [0.5, 0.6) is 0 Å². The van der Waals surface area contributed by atoms with Crippen molar-refractivity contribution in [2.24, 2.45) is 5.92 Å². The number of benzene rings is 1. The van der Waals surface area contributed by atoms with Crippen LogP contribution in [-0.2, 0) is 11.8 Å². The van der Waals surface area contributed by atoms with Gasteiger partial charge in [-0.2, -0.15) is 0 Å². The van der Waals surface area contributed by atoms with Gasteiger partial charge in [0.05, 0.1) is 6.10 Å². The summed E-state index contributed by atoms with van der Waals surface area (Å²) >= 11 is 0. The van der Waals surface area contributed by atoms with Gasteiger partial charge in [0.25, 0.3) is 0 Å². The molecule has 1 aliphatic rings. The molecule has 1 unspecified atom stereocenters. The topological polar surface area (TPSA) is 20.2 Å². The van der Waals surface area contributed by atoms with Crippen LogP contribution in [0.3, 0.4) is 0 Å². The Morgan fingerprint density at radius 2 is 1.55 bits per heavy atom. The smallest absolute Gasteiger partial charge is 0.0608 e. The molecule has 0 saturated heterocycles. The third kappa shape index (κ3) is 4.34. The number of rotatable bonds is 3. The Labute approximate surface area is 124 Å². The summed E-state index contributed by atoms with van der Waals surface area (Å²) in [5, 5.41) is 10.5. The summed E-state index contributed by atoms with van der Waals surface area (Å²) in [5.74, 6) is 0.514. The molecule has 2 rings (SSSR count). The van der Waals surface area contributed by atoms with E-state index in [1.54, 1.807) is 0 Å². The van der Waals surface area contributed by atoms with Crippen LogP contribution in [0.25, 0.3) is 0 Å². The van der Waals surface area contributed by atoms with Gasteiger partial charge in [0, 0.05) is 0 Å². The lowest BCUT2D eigenvalue weighted by Crippen LogP contribution is -2.22. The van der Waals surface area contributed by atoms with Crippen LogP contribution in [0.1, 0.15) is 70.4 Å². The van der Waals surface area contributed by atoms with Gasteiger partial charge in [0.2, 0.25) is 0 Å². The largest absolute Gasteiger partial charge is 0.392 e. The maximum Gasteiger partial charge on any atom is 0.0608 e. The van der Waals surface area contributed by atoms with Crippen LogP contribution in [0.15, 0.2) is 24.3 Å². The second-order valence-electron chi connectivity index (χ2n) is 7.47. The molecule has 0 aromatic heterocycles. The van der Waals surface area contributed by atoms with Crippen molar-refractivity contribution in [1.82, 2.24) is 0 Å². The molecule has 0 amide bonds. The molecule has 0 aliphatic heterocycles. The highest BCUT2D eigenvalue weighted by molar-refractivity contribution is 5.27. The molecule has 1 nitrogen and oxygen atoms in total. The number of aliphatic hydroxyl groups is 1. The van der Waals surface area contributed by atoms with Crippen LogP contribution in [0.4, 0.5) is 0 Å². The fraction of sp³-hybridized carbons (Fsp3) is 0.684. The predicted octanol–water partition coefficient (Wildman–Crippen LogP) is 4.86. The highest BCUT2D eigenvalue weighted by atomic mass is 16.3. The molecule has 1 aliphatic carbocycles. The van der Waals surface area contributed by atoms with Gasteiger partial charge in [-0.25, -0.2) is 0 Å². The zero-order chi connectivity index (χ0) is 14.6. The van der Waals surface area contributed by atoms with Crippen LogP contribution in [0.2, 0.25) is 0 Å². The van der Waals surface area contributed by atoms with E-state index in [0.29, 0.717) is 5.92 Å². The Kier molecular flexibility index (Phi) is 5.26. The summed E-state index contributed by atoms with van der Waals surface area (Å²) in [6.45, 7) is 6.72. The monoisotopic (exact) mass is 274 g/mol. The summed E-state index contributed by atoms with van der Waals surface area (Å²) < 4.78 is 0. The molecule has 0 heterocycles. The van der Waals surface area contributed by atoms with Gasteiger partial charge < -0.3 is 5.11 Å². The Balaban J connectivity index is 1.95. The fourth-order valence-electron chi connectivity index (χ4n) is 3.24. The van der Waals surface area contributed by atoms with Crippen LogP contribution in [0, 0.1) is 5.92 Å². The lowest BCUT2D eigenvalue weighted by Gasteiger charge is -2.22. The third-order valence-corrected chi connectivity index (χ3v) is 4.71. The van der Waals surface area contributed by atoms with E-state index in [-0.39, 0.29) is 11.5 Å². The normalized spacial score (nSPS) is 19.6. The van der Waals surface area contributed by atoms with Crippen molar-refractivity contribution in [2.45, 2.75) is 77.2 Å². The molecule has 1 atom stereocenters. The first-order chi connectivity index (χ1) is 9.47. The van der Waals surface area contributed by atoms with Crippen LogP contribution in [-0.4, -0.2) is 11.2 Å². The van der Waals surface area contributed by atoms with Crippen molar-refractivity contribution in [3.05, 3.63) is 35.4 Å². The van der Waals surface area contributed by atoms with Gasteiger partial charge in [0.15, 0.2) is 0 Å². The van der Waals surface area contributed by atoms with E-state index in [1.807, 2.05) is 0 Å². The first-order valence-electron chi connectivity index (χ1n) is 8.24. The van der Waals surface area contributed by atoms with E-state index in [9.17, 15) is 5.11 Å². The Bertz CT molecular complexity index is 391. The van der Waals surface area contributed by atoms with Gasteiger partial charge in [-0.3, -0.25) is 0 Å². The Hall–Kier alpha value is -0.820. The molecule has 1 N–H and O–H groups in total. The zero-order valence-corrected chi connectivity index (χ0v) is 13.4. The average Bonchev–Trinajstić information content (AvgIpc) is 2.67. The van der Waals surface area contributed by atoms with Crippen LogP contribution >= 0.6 is 0 Å². The lowest BCUT2D eigenvalue weighted by atomic mass is 9.85. The first kappa shape index (κ1) is 15.6. The Morgan fingerprint density at radius 3 is 2.05 bits per heavy atom. The molecule has 1 saturated carbocycles. The summed E-state index contributed by atoms with van der Waals surface area (Å²) in [5.41, 5.74) is 2.85. The van der Waals surface area contributed by atoms with Crippen molar-refractivity contribution in [3.8, 4) is 0 Å². The van der Waals surface area contributed by atoms with Crippen molar-refractivity contribution in [3.63, 3.8) is 0 Å². The highest BCUT2D eigenvalue weighted by Crippen LogP contribution is 2.28. The molecular weight excluding hydrogens is 244 g/mol. The molecule has 0 spiro atoms. The summed E-state index contributed by atoms with van der Waals surface area (Å²) in [6.07, 6.45) is 8.37. The van der Waals surface area contributed by atoms with E-state index in [2.05, 4.69) is 45.0 Å². The second-order valence-corrected chi connectivity index (χ2v) is 7.47. The standard InChI is InChI=1S/C19H30O/c1-19(2,3)17-12-10-15(11-13-17)14-18(20)16-8-6-4-5-7-9-16/h10-13,16,18,20H,4-9,14H2,1-3H3. The minimum atomic E-state index is -0.159. The summed E-state index contributed by atoms with van der Waals surface area (Å²) in [6, 6.07) is 8.82. The number of aliphatic hydroxyl groups excluding tert-OH is 1. The van der Waals surface area contributed by atoms with Gasteiger partial charge in [-0.05, 0) is 41.7 Å². The van der Waals surface area contributed by atoms with E-state index < -0.39 is 0 Å². The SMILES string of the molecule is CC(C)(C)c1ccc(CC(O)C2CCCCCC2)cc1. The third-order valence-electron chi connectivity index (χ3n) is 4.71. The van der Waals surface area contributed by atoms with Crippen LogP contribution < -0.4 is 0 Å². The van der Waals surface area contributed by atoms with E-state index in [4.69, 9.17) is 0 Å². The molecule has 0 bridgehead atoms. The van der Waals surface area contributed by atoms with Crippen molar-refractivity contribution in [1.29, 1.82) is 0 Å². The highest BCUT2D eigenvalue weighted by Gasteiger charge is 2.21. The molecule has 1 fully saturated rings. The molecule has 0 radical (unpaired) electrons. The van der Waals surface area contributed by atoms with E-state index in [1.165, 1.54) is 49.7 Å². The van der Waals surface area contributed by atoms with Gasteiger partial charge >= 0.3 is 0 Å². The summed E-state index contributed by atoms with van der Waals surface area (Å²) in [4.78, 5) is 0.